The van der Waals surface area contributed by atoms with Crippen LogP contribution in [0.2, 0.25) is 0 Å². The number of likely N-dealkylation sites (N-methyl/N-ethyl adjacent to an activating group) is 1. The van der Waals surface area contributed by atoms with Crippen molar-refractivity contribution in [1.29, 1.82) is 0 Å². The molecular weight excluding hydrogens is 520 g/mol. The summed E-state index contributed by atoms with van der Waals surface area (Å²) in [4.78, 5) is 41.6. The van der Waals surface area contributed by atoms with Gasteiger partial charge in [0.1, 0.15) is 16.9 Å². The van der Waals surface area contributed by atoms with Gasteiger partial charge in [0.25, 0.3) is 0 Å². The molecule has 0 bridgehead atoms. The molecule has 2 fully saturated rings. The lowest BCUT2D eigenvalue weighted by Crippen LogP contribution is -2.60. The summed E-state index contributed by atoms with van der Waals surface area (Å²) in [5.41, 5.74) is 2.32. The molecule has 2 saturated heterocycles. The summed E-state index contributed by atoms with van der Waals surface area (Å²) in [6.07, 6.45) is 5.40. The van der Waals surface area contributed by atoms with Crippen LogP contribution in [0.4, 0.5) is 20.2 Å². The Kier molecular flexibility index (Phi) is 5.17. The quantitative estimate of drug-likeness (QED) is 0.314. The van der Waals surface area contributed by atoms with Crippen LogP contribution in [-0.2, 0) is 7.05 Å². The Hall–Kier alpha value is -4.58. The fraction of sp³-hybridized carbons (Fsp3) is 0.286. The van der Waals surface area contributed by atoms with Gasteiger partial charge in [-0.3, -0.25) is 9.69 Å². The average Bonchev–Trinajstić information content (AvgIpc) is 3.49. The van der Waals surface area contributed by atoms with E-state index in [4.69, 9.17) is 0 Å². The van der Waals surface area contributed by atoms with Gasteiger partial charge in [-0.1, -0.05) is 0 Å². The number of halogens is 2. The number of fused-ring (bicyclic) bond motifs is 5. The number of H-pyrrole nitrogens is 1. The Morgan fingerprint density at radius 1 is 1.15 bits per heavy atom. The number of likely N-dealkylation sites (tertiary alicyclic amines) is 1. The van der Waals surface area contributed by atoms with Crippen LogP contribution in [-0.4, -0.2) is 74.8 Å². The first kappa shape index (κ1) is 24.5. The van der Waals surface area contributed by atoms with E-state index < -0.39 is 23.0 Å². The number of hydrogen-bond donors (Lipinski definition) is 3. The Balaban J connectivity index is 1.57. The first-order valence-corrected chi connectivity index (χ1v) is 12.9. The molecule has 0 aliphatic carbocycles. The van der Waals surface area contributed by atoms with Crippen LogP contribution >= 0.6 is 0 Å². The van der Waals surface area contributed by atoms with Gasteiger partial charge in [0.2, 0.25) is 5.43 Å². The predicted molar refractivity (Wildman–Crippen MR) is 148 cm³/mol. The molecule has 40 heavy (non-hydrogen) atoms. The van der Waals surface area contributed by atoms with Crippen molar-refractivity contribution in [3.05, 3.63) is 58.1 Å². The predicted octanol–water partition coefficient (Wildman–Crippen LogP) is 3.54. The van der Waals surface area contributed by atoms with E-state index in [0.717, 1.165) is 19.0 Å². The molecule has 10 nitrogen and oxygen atoms in total. The Labute approximate surface area is 225 Å². The second-order valence-electron chi connectivity index (χ2n) is 10.5. The minimum Gasteiger partial charge on any atom is -0.477 e. The molecule has 204 valence electrons. The third-order valence-corrected chi connectivity index (χ3v) is 8.43. The number of rotatable bonds is 4. The van der Waals surface area contributed by atoms with Crippen molar-refractivity contribution in [3.8, 4) is 11.1 Å². The summed E-state index contributed by atoms with van der Waals surface area (Å²) in [5.74, 6) is -3.28. The summed E-state index contributed by atoms with van der Waals surface area (Å²) in [7, 11) is 5.33. The van der Waals surface area contributed by atoms with Gasteiger partial charge in [-0.15, -0.1) is 0 Å². The number of carboxylic acid groups (broad SMARTS) is 1. The van der Waals surface area contributed by atoms with Gasteiger partial charge >= 0.3 is 5.97 Å². The molecule has 2 atom stereocenters. The molecule has 0 spiro atoms. The maximum absolute atomic E-state index is 15.6. The van der Waals surface area contributed by atoms with Crippen molar-refractivity contribution >= 4 is 50.3 Å². The molecule has 0 unspecified atom stereocenters. The van der Waals surface area contributed by atoms with Gasteiger partial charge in [0, 0.05) is 69.0 Å². The number of nitrogens with zero attached hydrogens (tertiary/aromatic N) is 5. The van der Waals surface area contributed by atoms with Crippen LogP contribution in [0.25, 0.3) is 44.1 Å². The number of aromatic carboxylic acids is 1. The minimum atomic E-state index is -1.33. The maximum atomic E-state index is 15.6. The molecule has 12 heteroatoms. The molecule has 5 aromatic rings. The summed E-state index contributed by atoms with van der Waals surface area (Å²) in [6.45, 7) is 1.51. The zero-order valence-electron chi connectivity index (χ0n) is 21.9. The number of anilines is 2. The number of pyridine rings is 3. The Morgan fingerprint density at radius 2 is 1.95 bits per heavy atom. The second kappa shape index (κ2) is 8.46. The first-order valence-electron chi connectivity index (χ1n) is 12.9. The number of nitrogens with one attached hydrogen (secondary N) is 2. The first-order chi connectivity index (χ1) is 19.2. The number of aryl methyl sites for hydroxylation is 1. The average molecular weight is 546 g/mol. The largest absolute Gasteiger partial charge is 0.477 e. The molecule has 0 amide bonds. The van der Waals surface area contributed by atoms with Gasteiger partial charge in [-0.25, -0.2) is 23.5 Å². The lowest BCUT2D eigenvalue weighted by molar-refractivity contribution is 0.0695. The zero-order chi connectivity index (χ0) is 28.0. The Bertz CT molecular complexity index is 1970. The fourth-order valence-corrected chi connectivity index (χ4v) is 6.45. The highest BCUT2D eigenvalue weighted by Crippen LogP contribution is 2.47. The van der Waals surface area contributed by atoms with Crippen LogP contribution in [0.3, 0.4) is 0 Å². The number of aromatic amines is 1. The highest BCUT2D eigenvalue weighted by atomic mass is 19.2. The number of hydrogen-bond acceptors (Lipinski definition) is 7. The van der Waals surface area contributed by atoms with Crippen molar-refractivity contribution < 1.29 is 18.7 Å². The Morgan fingerprint density at radius 3 is 2.65 bits per heavy atom. The summed E-state index contributed by atoms with van der Waals surface area (Å²) in [6, 6.07) is 3.22. The van der Waals surface area contributed by atoms with E-state index in [9.17, 15) is 19.1 Å². The molecule has 2 aliphatic heterocycles. The van der Waals surface area contributed by atoms with Crippen LogP contribution < -0.4 is 15.6 Å². The number of aromatic nitrogens is 4. The van der Waals surface area contributed by atoms with Gasteiger partial charge in [-0.2, -0.15) is 0 Å². The van der Waals surface area contributed by atoms with Crippen LogP contribution in [0.5, 0.6) is 0 Å². The summed E-state index contributed by atoms with van der Waals surface area (Å²) < 4.78 is 31.9. The summed E-state index contributed by atoms with van der Waals surface area (Å²) >= 11 is 0. The topological polar surface area (TPSA) is 119 Å². The van der Waals surface area contributed by atoms with Crippen molar-refractivity contribution in [2.75, 3.05) is 37.4 Å². The summed E-state index contributed by atoms with van der Waals surface area (Å²) in [5, 5.41) is 13.2. The number of carbonyl (C=O) groups is 1. The molecule has 0 saturated carbocycles. The van der Waals surface area contributed by atoms with Crippen LogP contribution in [0.15, 0.2) is 35.5 Å². The van der Waals surface area contributed by atoms with E-state index in [1.54, 1.807) is 32.6 Å². The fourth-order valence-electron chi connectivity index (χ4n) is 6.45. The van der Waals surface area contributed by atoms with E-state index in [1.807, 2.05) is 0 Å². The molecule has 1 aromatic carbocycles. The molecule has 3 N–H and O–H groups in total. The minimum absolute atomic E-state index is 0.0950. The lowest BCUT2D eigenvalue weighted by atomic mass is 9.96. The van der Waals surface area contributed by atoms with Crippen molar-refractivity contribution in [1.82, 2.24) is 24.4 Å². The smallest absolute Gasteiger partial charge is 0.341 e. The maximum Gasteiger partial charge on any atom is 0.341 e. The molecular formula is C28H25F2N7O3. The molecule has 7 rings (SSSR count). The van der Waals surface area contributed by atoms with E-state index in [-0.39, 0.29) is 22.4 Å². The van der Waals surface area contributed by atoms with Crippen molar-refractivity contribution in [2.45, 2.75) is 18.5 Å². The third-order valence-electron chi connectivity index (χ3n) is 8.43. The molecule has 6 heterocycles. The van der Waals surface area contributed by atoms with Crippen LogP contribution in [0, 0.1) is 11.6 Å². The SMILES string of the molecule is CNc1cc(F)c(F)c2c1[nH]c1ncc(-c3cnc4c(c3)c(=O)c(C(=O)O)cn4C)c(N3CC[C@@H]4[C@H]3CN4C)c12. The lowest BCUT2D eigenvalue weighted by Gasteiger charge is -2.45. The van der Waals surface area contributed by atoms with Gasteiger partial charge < -0.3 is 24.9 Å². The van der Waals surface area contributed by atoms with Crippen molar-refractivity contribution in [2.24, 2.45) is 7.05 Å². The van der Waals surface area contributed by atoms with E-state index >= 15 is 4.39 Å². The van der Waals surface area contributed by atoms with E-state index in [0.29, 0.717) is 57.3 Å². The monoisotopic (exact) mass is 545 g/mol. The molecule has 2 aliphatic rings. The van der Waals surface area contributed by atoms with E-state index in [2.05, 4.69) is 37.1 Å². The zero-order valence-corrected chi connectivity index (χ0v) is 21.9. The van der Waals surface area contributed by atoms with E-state index in [1.165, 1.54) is 10.8 Å². The number of carboxylic acids is 1. The number of benzene rings is 1. The van der Waals surface area contributed by atoms with Crippen molar-refractivity contribution in [3.63, 3.8) is 0 Å². The van der Waals surface area contributed by atoms with Crippen LogP contribution in [0.1, 0.15) is 16.8 Å². The second-order valence-corrected chi connectivity index (χ2v) is 10.5. The standard InChI is InChI=1S/C28H25F2N7O3/c1-31-17-7-16(29)22(30)20-21-24(37-5-4-18-19(37)11-35(18)2)14(9-32-26(21)34-23(17)20)12-6-13-25(38)15(28(39)40)10-36(3)27(13)33-8-12/h6-10,18-19,31H,4-5,11H2,1-3H3,(H,32,34)(H,39,40)/t18-,19-/m1/s1. The normalized spacial score (nSPS) is 19.0. The molecule has 0 radical (unpaired) electrons. The highest BCUT2D eigenvalue weighted by molar-refractivity contribution is 6.18. The van der Waals surface area contributed by atoms with Gasteiger partial charge in [0.05, 0.1) is 39.1 Å². The highest BCUT2D eigenvalue weighted by Gasteiger charge is 2.46. The molecule has 4 aromatic heterocycles. The van der Waals surface area contributed by atoms with Gasteiger partial charge in [0.15, 0.2) is 11.6 Å². The van der Waals surface area contributed by atoms with Gasteiger partial charge in [-0.05, 0) is 19.5 Å². The third kappa shape index (κ3) is 3.22.